The maximum atomic E-state index is 11.5. The Morgan fingerprint density at radius 1 is 1.33 bits per heavy atom. The van der Waals surface area contributed by atoms with Crippen LogP contribution >= 0.6 is 12.2 Å². The molecule has 1 saturated heterocycles. The molecular formula is C16H23N3OS. The predicted octanol–water partition coefficient (Wildman–Crippen LogP) is 1.99. The van der Waals surface area contributed by atoms with Crippen LogP contribution in [0.4, 0.5) is 0 Å². The zero-order valence-corrected chi connectivity index (χ0v) is 13.2. The quantitative estimate of drug-likeness (QED) is 0.816. The molecule has 0 bridgehead atoms. The molecular weight excluding hydrogens is 282 g/mol. The van der Waals surface area contributed by atoms with Crippen molar-refractivity contribution in [2.45, 2.75) is 38.3 Å². The molecule has 5 heteroatoms. The first-order chi connectivity index (χ1) is 9.99. The average molecular weight is 305 g/mol. The zero-order chi connectivity index (χ0) is 15.4. The fraction of sp³-hybridized carbons (Fsp3) is 0.500. The third-order valence-corrected chi connectivity index (χ3v) is 4.48. The second-order valence-corrected chi connectivity index (χ2v) is 6.34. The lowest BCUT2D eigenvalue weighted by Gasteiger charge is -2.42. The van der Waals surface area contributed by atoms with Crippen molar-refractivity contribution >= 4 is 23.1 Å². The number of nitrogens with two attached hydrogens (primary N) is 2. The highest BCUT2D eigenvalue weighted by Gasteiger charge is 2.33. The molecule has 0 aliphatic carbocycles. The van der Waals surface area contributed by atoms with Crippen molar-refractivity contribution in [2.24, 2.45) is 17.4 Å². The number of amides is 1. The first-order valence-electron chi connectivity index (χ1n) is 7.37. The van der Waals surface area contributed by atoms with E-state index in [2.05, 4.69) is 24.0 Å². The molecule has 0 spiro atoms. The van der Waals surface area contributed by atoms with E-state index in [0.717, 1.165) is 12.8 Å². The van der Waals surface area contributed by atoms with E-state index in [-0.39, 0.29) is 17.9 Å². The number of hydrogen-bond acceptors (Lipinski definition) is 3. The lowest BCUT2D eigenvalue weighted by Crippen LogP contribution is -2.48. The maximum absolute atomic E-state index is 11.5. The monoisotopic (exact) mass is 305 g/mol. The van der Waals surface area contributed by atoms with E-state index in [1.807, 2.05) is 18.2 Å². The summed E-state index contributed by atoms with van der Waals surface area (Å²) in [5.41, 5.74) is 12.5. The summed E-state index contributed by atoms with van der Waals surface area (Å²) in [4.78, 5) is 14.4. The highest BCUT2D eigenvalue weighted by molar-refractivity contribution is 7.80. The van der Waals surface area contributed by atoms with Crippen LogP contribution in [-0.2, 0) is 4.79 Å². The highest BCUT2D eigenvalue weighted by Crippen LogP contribution is 2.32. The summed E-state index contributed by atoms with van der Waals surface area (Å²) in [5, 5.41) is 0. The molecule has 2 rings (SSSR count). The molecule has 1 aromatic rings. The molecule has 1 aromatic carbocycles. The molecule has 0 aromatic heterocycles. The number of thiocarbonyl (C=S) groups is 1. The molecule has 1 fully saturated rings. The summed E-state index contributed by atoms with van der Waals surface area (Å²) >= 11 is 5.12. The number of hydrogen-bond donors (Lipinski definition) is 2. The molecule has 21 heavy (non-hydrogen) atoms. The van der Waals surface area contributed by atoms with E-state index < -0.39 is 0 Å². The Kier molecular flexibility index (Phi) is 5.31. The van der Waals surface area contributed by atoms with E-state index in [9.17, 15) is 4.79 Å². The van der Waals surface area contributed by atoms with Crippen molar-refractivity contribution in [3.63, 3.8) is 0 Å². The van der Waals surface area contributed by atoms with Gasteiger partial charge in [0.1, 0.15) is 0 Å². The minimum absolute atomic E-state index is 0.0845. The van der Waals surface area contributed by atoms with Crippen molar-refractivity contribution in [3.05, 3.63) is 35.9 Å². The van der Waals surface area contributed by atoms with E-state index in [1.165, 1.54) is 5.56 Å². The van der Waals surface area contributed by atoms with Gasteiger partial charge in [-0.05, 0) is 25.3 Å². The van der Waals surface area contributed by atoms with Gasteiger partial charge in [0.15, 0.2) is 0 Å². The van der Waals surface area contributed by atoms with Gasteiger partial charge in [-0.2, -0.15) is 0 Å². The summed E-state index contributed by atoms with van der Waals surface area (Å²) in [6, 6.07) is 10.7. The topological polar surface area (TPSA) is 72.4 Å². The van der Waals surface area contributed by atoms with Gasteiger partial charge in [-0.15, -0.1) is 0 Å². The van der Waals surface area contributed by atoms with Crippen LogP contribution in [0.2, 0.25) is 0 Å². The van der Waals surface area contributed by atoms with Crippen molar-refractivity contribution < 1.29 is 4.79 Å². The molecule has 1 heterocycles. The number of nitrogens with zero attached hydrogens (tertiary/aromatic N) is 1. The summed E-state index contributed by atoms with van der Waals surface area (Å²) < 4.78 is 0. The largest absolute Gasteiger partial charge is 0.393 e. The highest BCUT2D eigenvalue weighted by atomic mass is 32.1. The van der Waals surface area contributed by atoms with E-state index in [1.54, 1.807) is 0 Å². The summed E-state index contributed by atoms with van der Waals surface area (Å²) in [5.74, 6) is -0.298. The molecule has 114 valence electrons. The Morgan fingerprint density at radius 3 is 2.57 bits per heavy atom. The van der Waals surface area contributed by atoms with Gasteiger partial charge < -0.3 is 11.5 Å². The minimum Gasteiger partial charge on any atom is -0.393 e. The molecule has 3 unspecified atom stereocenters. The standard InChI is InChI=1S/C16H23N3OS/c1-11-7-8-13(16(18)20)10-19(11)14(9-15(17)21)12-5-3-2-4-6-12/h2-6,11,13-14H,7-10H2,1H3,(H2,17,21)(H2,18,20). The van der Waals surface area contributed by atoms with Crippen molar-refractivity contribution in [2.75, 3.05) is 6.54 Å². The molecule has 1 aliphatic heterocycles. The molecule has 1 amide bonds. The SMILES string of the molecule is CC1CCC(C(N)=O)CN1C(CC(N)=S)c1ccccc1. The summed E-state index contributed by atoms with van der Waals surface area (Å²) in [6.07, 6.45) is 2.45. The Morgan fingerprint density at radius 2 is 2.00 bits per heavy atom. The summed E-state index contributed by atoms with van der Waals surface area (Å²) in [6.45, 7) is 2.87. The normalized spacial score (nSPS) is 24.4. The number of carbonyl (C=O) groups is 1. The van der Waals surface area contributed by atoms with Crippen LogP contribution in [0.25, 0.3) is 0 Å². The van der Waals surface area contributed by atoms with Gasteiger partial charge in [-0.1, -0.05) is 42.5 Å². The van der Waals surface area contributed by atoms with Crippen LogP contribution in [0.3, 0.4) is 0 Å². The Bertz CT molecular complexity index is 506. The smallest absolute Gasteiger partial charge is 0.221 e. The Labute approximate surface area is 131 Å². The van der Waals surface area contributed by atoms with Gasteiger partial charge in [-0.25, -0.2) is 0 Å². The number of primary amides is 1. The molecule has 4 N–H and O–H groups in total. The number of benzene rings is 1. The van der Waals surface area contributed by atoms with Crippen molar-refractivity contribution in [1.82, 2.24) is 4.90 Å². The predicted molar refractivity (Wildman–Crippen MR) is 88.7 cm³/mol. The van der Waals surface area contributed by atoms with Crippen LogP contribution in [0.1, 0.15) is 37.8 Å². The van der Waals surface area contributed by atoms with Gasteiger partial charge in [0.2, 0.25) is 5.91 Å². The van der Waals surface area contributed by atoms with Crippen molar-refractivity contribution in [1.29, 1.82) is 0 Å². The van der Waals surface area contributed by atoms with Crippen LogP contribution in [0.15, 0.2) is 30.3 Å². The van der Waals surface area contributed by atoms with Gasteiger partial charge in [0.25, 0.3) is 0 Å². The Balaban J connectivity index is 2.26. The fourth-order valence-electron chi connectivity index (χ4n) is 3.09. The lowest BCUT2D eigenvalue weighted by molar-refractivity contribution is -0.124. The van der Waals surface area contributed by atoms with Gasteiger partial charge in [0.05, 0.1) is 10.9 Å². The van der Waals surface area contributed by atoms with Crippen LogP contribution < -0.4 is 11.5 Å². The number of carbonyl (C=O) groups excluding carboxylic acids is 1. The van der Waals surface area contributed by atoms with E-state index >= 15 is 0 Å². The maximum Gasteiger partial charge on any atom is 0.221 e. The minimum atomic E-state index is -0.214. The number of likely N-dealkylation sites (tertiary alicyclic amines) is 1. The fourth-order valence-corrected chi connectivity index (χ4v) is 3.25. The van der Waals surface area contributed by atoms with Crippen molar-refractivity contribution in [3.8, 4) is 0 Å². The van der Waals surface area contributed by atoms with Crippen LogP contribution in [0, 0.1) is 5.92 Å². The first kappa shape index (κ1) is 15.9. The van der Waals surface area contributed by atoms with Crippen LogP contribution in [0.5, 0.6) is 0 Å². The number of piperidine rings is 1. The van der Waals surface area contributed by atoms with Gasteiger partial charge in [0, 0.05) is 25.0 Å². The first-order valence-corrected chi connectivity index (χ1v) is 7.78. The lowest BCUT2D eigenvalue weighted by atomic mass is 9.89. The third kappa shape index (κ3) is 4.02. The van der Waals surface area contributed by atoms with E-state index in [4.69, 9.17) is 23.7 Å². The van der Waals surface area contributed by atoms with Gasteiger partial charge in [-0.3, -0.25) is 9.69 Å². The molecule has 3 atom stereocenters. The molecule has 1 aliphatic rings. The summed E-state index contributed by atoms with van der Waals surface area (Å²) in [7, 11) is 0. The molecule has 0 saturated carbocycles. The zero-order valence-electron chi connectivity index (χ0n) is 12.4. The van der Waals surface area contributed by atoms with Crippen LogP contribution in [-0.4, -0.2) is 28.4 Å². The average Bonchev–Trinajstić information content (AvgIpc) is 2.46. The molecule has 4 nitrogen and oxygen atoms in total. The Hall–Kier alpha value is -1.46. The molecule has 0 radical (unpaired) electrons. The number of rotatable bonds is 5. The van der Waals surface area contributed by atoms with Gasteiger partial charge >= 0.3 is 0 Å². The second-order valence-electron chi connectivity index (χ2n) is 5.82. The second kappa shape index (κ2) is 7.00. The third-order valence-electron chi connectivity index (χ3n) is 4.31. The van der Waals surface area contributed by atoms with E-state index in [0.29, 0.717) is 24.0 Å².